The van der Waals surface area contributed by atoms with Crippen molar-refractivity contribution in [1.29, 1.82) is 0 Å². The molecule has 1 aromatic heterocycles. The SMILES string of the molecule is CC1(C)CCCCC1C(N)c1cccc2ncccc12. The van der Waals surface area contributed by atoms with Gasteiger partial charge in [-0.25, -0.2) is 0 Å². The standard InChI is InChI=1S/C18H24N2/c1-18(2)11-4-3-9-15(18)17(19)14-7-5-10-16-13(14)8-6-12-20-16/h5-8,10,12,15,17H,3-4,9,11,19H2,1-2H3. The van der Waals surface area contributed by atoms with Crippen LogP contribution in [0.5, 0.6) is 0 Å². The van der Waals surface area contributed by atoms with Crippen molar-refractivity contribution < 1.29 is 0 Å². The van der Waals surface area contributed by atoms with E-state index in [0.717, 1.165) is 5.52 Å². The summed E-state index contributed by atoms with van der Waals surface area (Å²) in [5.74, 6) is 0.557. The first kappa shape index (κ1) is 13.6. The van der Waals surface area contributed by atoms with Gasteiger partial charge in [0.15, 0.2) is 0 Å². The maximum atomic E-state index is 6.68. The Morgan fingerprint density at radius 3 is 2.85 bits per heavy atom. The Hall–Kier alpha value is -1.41. The molecule has 0 amide bonds. The smallest absolute Gasteiger partial charge is 0.0705 e. The van der Waals surface area contributed by atoms with E-state index in [1.165, 1.54) is 36.6 Å². The number of rotatable bonds is 2. The van der Waals surface area contributed by atoms with Gasteiger partial charge in [0.05, 0.1) is 5.52 Å². The molecule has 1 saturated carbocycles. The zero-order chi connectivity index (χ0) is 14.2. The van der Waals surface area contributed by atoms with Crippen molar-refractivity contribution in [3.8, 4) is 0 Å². The van der Waals surface area contributed by atoms with Gasteiger partial charge < -0.3 is 5.73 Å². The molecule has 1 fully saturated rings. The Morgan fingerprint density at radius 1 is 1.20 bits per heavy atom. The summed E-state index contributed by atoms with van der Waals surface area (Å²) in [4.78, 5) is 4.45. The van der Waals surface area contributed by atoms with E-state index in [1.807, 2.05) is 12.3 Å². The summed E-state index contributed by atoms with van der Waals surface area (Å²) in [7, 11) is 0. The van der Waals surface area contributed by atoms with Crippen LogP contribution in [0.4, 0.5) is 0 Å². The van der Waals surface area contributed by atoms with E-state index in [-0.39, 0.29) is 6.04 Å². The number of pyridine rings is 1. The van der Waals surface area contributed by atoms with Crippen molar-refractivity contribution >= 4 is 10.9 Å². The van der Waals surface area contributed by atoms with Crippen molar-refractivity contribution in [2.45, 2.75) is 45.6 Å². The molecule has 2 aromatic rings. The van der Waals surface area contributed by atoms with Gasteiger partial charge in [-0.2, -0.15) is 0 Å². The average Bonchev–Trinajstić information content (AvgIpc) is 2.45. The summed E-state index contributed by atoms with van der Waals surface area (Å²) in [6.45, 7) is 4.75. The van der Waals surface area contributed by atoms with Gasteiger partial charge in [-0.1, -0.05) is 44.9 Å². The van der Waals surface area contributed by atoms with Crippen molar-refractivity contribution in [1.82, 2.24) is 4.98 Å². The first-order valence-corrected chi connectivity index (χ1v) is 7.69. The Bertz CT molecular complexity index is 598. The Balaban J connectivity index is 2.02. The zero-order valence-corrected chi connectivity index (χ0v) is 12.5. The van der Waals surface area contributed by atoms with Crippen LogP contribution in [0, 0.1) is 11.3 Å². The summed E-state index contributed by atoms with van der Waals surface area (Å²) in [5, 5.41) is 1.21. The predicted octanol–water partition coefficient (Wildman–Crippen LogP) is 4.45. The summed E-state index contributed by atoms with van der Waals surface area (Å²) < 4.78 is 0. The third-order valence-electron chi connectivity index (χ3n) is 5.06. The number of fused-ring (bicyclic) bond motifs is 1. The van der Waals surface area contributed by atoms with Gasteiger partial charge in [0.1, 0.15) is 0 Å². The molecule has 2 N–H and O–H groups in total. The maximum absolute atomic E-state index is 6.68. The fraction of sp³-hybridized carbons (Fsp3) is 0.500. The van der Waals surface area contributed by atoms with E-state index in [0.29, 0.717) is 11.3 Å². The zero-order valence-electron chi connectivity index (χ0n) is 12.5. The minimum Gasteiger partial charge on any atom is -0.324 e. The maximum Gasteiger partial charge on any atom is 0.0705 e. The third kappa shape index (κ3) is 2.33. The van der Waals surface area contributed by atoms with E-state index in [1.54, 1.807) is 0 Å². The molecule has 3 rings (SSSR count). The fourth-order valence-electron chi connectivity index (χ4n) is 3.82. The van der Waals surface area contributed by atoms with Crippen molar-refractivity contribution in [3.63, 3.8) is 0 Å². The van der Waals surface area contributed by atoms with Crippen LogP contribution in [0.25, 0.3) is 10.9 Å². The molecule has 1 aliphatic carbocycles. The molecule has 1 aliphatic rings. The van der Waals surface area contributed by atoms with Crippen LogP contribution in [0.3, 0.4) is 0 Å². The molecule has 0 aliphatic heterocycles. The molecule has 20 heavy (non-hydrogen) atoms. The van der Waals surface area contributed by atoms with Gasteiger partial charge in [0.25, 0.3) is 0 Å². The van der Waals surface area contributed by atoms with E-state index in [4.69, 9.17) is 5.73 Å². The second-order valence-electron chi connectivity index (χ2n) is 6.78. The van der Waals surface area contributed by atoms with Crippen LogP contribution >= 0.6 is 0 Å². The second kappa shape index (κ2) is 5.17. The lowest BCUT2D eigenvalue weighted by Crippen LogP contribution is -2.36. The van der Waals surface area contributed by atoms with E-state index < -0.39 is 0 Å². The van der Waals surface area contributed by atoms with Crippen LogP contribution in [0.2, 0.25) is 0 Å². The van der Waals surface area contributed by atoms with Crippen molar-refractivity contribution in [2.24, 2.45) is 17.1 Å². The normalized spacial score (nSPS) is 23.6. The van der Waals surface area contributed by atoms with E-state index >= 15 is 0 Å². The third-order valence-corrected chi connectivity index (χ3v) is 5.06. The van der Waals surface area contributed by atoms with Crippen LogP contribution < -0.4 is 5.73 Å². The topological polar surface area (TPSA) is 38.9 Å². The molecule has 106 valence electrons. The van der Waals surface area contributed by atoms with Gasteiger partial charge in [-0.3, -0.25) is 4.98 Å². The molecule has 2 heteroatoms. The van der Waals surface area contributed by atoms with Crippen LogP contribution in [-0.4, -0.2) is 4.98 Å². The number of nitrogens with zero attached hydrogens (tertiary/aromatic N) is 1. The number of aromatic nitrogens is 1. The highest BCUT2D eigenvalue weighted by Crippen LogP contribution is 2.46. The lowest BCUT2D eigenvalue weighted by atomic mass is 9.65. The van der Waals surface area contributed by atoms with Gasteiger partial charge >= 0.3 is 0 Å². The monoisotopic (exact) mass is 268 g/mol. The highest BCUT2D eigenvalue weighted by molar-refractivity contribution is 5.82. The molecular formula is C18H24N2. The molecule has 2 atom stereocenters. The molecule has 0 spiro atoms. The van der Waals surface area contributed by atoms with Crippen molar-refractivity contribution in [3.05, 3.63) is 42.1 Å². The highest BCUT2D eigenvalue weighted by Gasteiger charge is 2.36. The summed E-state index contributed by atoms with van der Waals surface area (Å²) in [6.07, 6.45) is 7.03. The summed E-state index contributed by atoms with van der Waals surface area (Å²) in [5.41, 5.74) is 9.33. The van der Waals surface area contributed by atoms with Crippen LogP contribution in [-0.2, 0) is 0 Å². The first-order chi connectivity index (χ1) is 9.59. The number of benzene rings is 1. The molecule has 1 heterocycles. The minimum absolute atomic E-state index is 0.109. The minimum atomic E-state index is 0.109. The molecule has 2 unspecified atom stereocenters. The quantitative estimate of drug-likeness (QED) is 0.874. The lowest BCUT2D eigenvalue weighted by molar-refractivity contribution is 0.113. The molecule has 0 bridgehead atoms. The summed E-state index contributed by atoms with van der Waals surface area (Å²) >= 11 is 0. The number of nitrogens with two attached hydrogens (primary N) is 1. The van der Waals surface area contributed by atoms with Crippen molar-refractivity contribution in [2.75, 3.05) is 0 Å². The van der Waals surface area contributed by atoms with Gasteiger partial charge in [0, 0.05) is 17.6 Å². The lowest BCUT2D eigenvalue weighted by Gasteiger charge is -2.42. The highest BCUT2D eigenvalue weighted by atomic mass is 14.7. The second-order valence-corrected chi connectivity index (χ2v) is 6.78. The Morgan fingerprint density at radius 2 is 2.05 bits per heavy atom. The van der Waals surface area contributed by atoms with Gasteiger partial charge in [-0.15, -0.1) is 0 Å². The van der Waals surface area contributed by atoms with Crippen LogP contribution in [0.1, 0.15) is 51.1 Å². The molecule has 0 saturated heterocycles. The number of hydrogen-bond donors (Lipinski definition) is 1. The first-order valence-electron chi connectivity index (χ1n) is 7.69. The molecule has 1 aromatic carbocycles. The fourth-order valence-corrected chi connectivity index (χ4v) is 3.82. The van der Waals surface area contributed by atoms with Gasteiger partial charge in [0.2, 0.25) is 0 Å². The Kier molecular flexibility index (Phi) is 3.51. The molecular weight excluding hydrogens is 244 g/mol. The summed E-state index contributed by atoms with van der Waals surface area (Å²) in [6, 6.07) is 10.6. The largest absolute Gasteiger partial charge is 0.324 e. The van der Waals surface area contributed by atoms with Crippen LogP contribution in [0.15, 0.2) is 36.5 Å². The van der Waals surface area contributed by atoms with E-state index in [2.05, 4.69) is 43.1 Å². The number of hydrogen-bond acceptors (Lipinski definition) is 2. The predicted molar refractivity (Wildman–Crippen MR) is 84.4 cm³/mol. The molecule has 0 radical (unpaired) electrons. The average molecular weight is 268 g/mol. The van der Waals surface area contributed by atoms with Gasteiger partial charge in [-0.05, 0) is 41.9 Å². The molecule has 2 nitrogen and oxygen atoms in total. The Labute approximate surface area is 121 Å². The van der Waals surface area contributed by atoms with E-state index in [9.17, 15) is 0 Å².